The predicted molar refractivity (Wildman–Crippen MR) is 119 cm³/mol. The molecule has 3 fully saturated rings. The Morgan fingerprint density at radius 1 is 1.26 bits per heavy atom. The van der Waals surface area contributed by atoms with Gasteiger partial charge in [-0.3, -0.25) is 4.79 Å². The van der Waals surface area contributed by atoms with Crippen molar-refractivity contribution in [3.8, 4) is 5.75 Å². The molecular weight excluding hydrogens is 395 g/mol. The Balaban J connectivity index is 1.52. The van der Waals surface area contributed by atoms with Gasteiger partial charge in [0, 0.05) is 6.42 Å². The minimum Gasteiger partial charge on any atom is -0.491 e. The monoisotopic (exact) mass is 430 g/mol. The smallest absolute Gasteiger partial charge is 0.303 e. The summed E-state index contributed by atoms with van der Waals surface area (Å²) >= 11 is 0. The molecule has 0 heterocycles. The summed E-state index contributed by atoms with van der Waals surface area (Å²) in [5.41, 5.74) is 0.371. The highest BCUT2D eigenvalue weighted by Crippen LogP contribution is 2.64. The second-order valence-corrected chi connectivity index (χ2v) is 9.63. The maximum atomic E-state index is 13.0. The van der Waals surface area contributed by atoms with Gasteiger partial charge in [0.2, 0.25) is 0 Å². The lowest BCUT2D eigenvalue weighted by atomic mass is 9.43. The molecule has 5 unspecified atom stereocenters. The lowest BCUT2D eigenvalue weighted by molar-refractivity contribution is -0.137. The van der Waals surface area contributed by atoms with Crippen LogP contribution in [-0.2, 0) is 4.79 Å². The number of carboxylic acid groups (broad SMARTS) is 1. The third kappa shape index (κ3) is 6.19. The lowest BCUT2D eigenvalue weighted by Crippen LogP contribution is -2.55. The highest BCUT2D eigenvalue weighted by molar-refractivity contribution is 5.66. The van der Waals surface area contributed by atoms with Gasteiger partial charge in [-0.05, 0) is 85.5 Å². The summed E-state index contributed by atoms with van der Waals surface area (Å²) in [6.07, 6.45) is 12.7. The van der Waals surface area contributed by atoms with Gasteiger partial charge in [-0.1, -0.05) is 38.2 Å². The van der Waals surface area contributed by atoms with E-state index in [4.69, 9.17) is 9.84 Å². The van der Waals surface area contributed by atoms with Crippen molar-refractivity contribution in [1.29, 1.82) is 0 Å². The van der Waals surface area contributed by atoms with Crippen LogP contribution in [0, 0.1) is 34.9 Å². The SMILES string of the molecule is CC1(C)C2CC(/C=C/C(O)COc3ccc(F)cc3)C(C/C=C/CCCC(=O)O)C1C2. The number of hydrogen-bond acceptors (Lipinski definition) is 3. The zero-order valence-electron chi connectivity index (χ0n) is 18.5. The van der Waals surface area contributed by atoms with Crippen molar-refractivity contribution >= 4 is 5.97 Å². The van der Waals surface area contributed by atoms with Gasteiger partial charge in [-0.25, -0.2) is 4.39 Å². The van der Waals surface area contributed by atoms with Crippen molar-refractivity contribution in [3.05, 3.63) is 54.4 Å². The number of fused-ring (bicyclic) bond motifs is 2. The summed E-state index contributed by atoms with van der Waals surface area (Å²) < 4.78 is 18.5. The number of hydrogen-bond donors (Lipinski definition) is 2. The first-order chi connectivity index (χ1) is 14.8. The number of ether oxygens (including phenoxy) is 1. The van der Waals surface area contributed by atoms with E-state index in [1.807, 2.05) is 6.08 Å². The van der Waals surface area contributed by atoms with E-state index in [-0.39, 0.29) is 18.8 Å². The Morgan fingerprint density at radius 3 is 2.68 bits per heavy atom. The predicted octanol–water partition coefficient (Wildman–Crippen LogP) is 5.62. The molecule has 0 aliphatic heterocycles. The summed E-state index contributed by atoms with van der Waals surface area (Å²) in [7, 11) is 0. The fourth-order valence-electron chi connectivity index (χ4n) is 5.33. The molecule has 3 aliphatic carbocycles. The Morgan fingerprint density at radius 2 is 2.00 bits per heavy atom. The molecule has 1 aromatic carbocycles. The largest absolute Gasteiger partial charge is 0.491 e. The van der Waals surface area contributed by atoms with Crippen molar-refractivity contribution in [2.45, 2.75) is 58.5 Å². The van der Waals surface area contributed by atoms with Crippen molar-refractivity contribution in [3.63, 3.8) is 0 Å². The van der Waals surface area contributed by atoms with E-state index < -0.39 is 12.1 Å². The molecule has 31 heavy (non-hydrogen) atoms. The highest BCUT2D eigenvalue weighted by atomic mass is 19.1. The van der Waals surface area contributed by atoms with Gasteiger partial charge in [-0.2, -0.15) is 0 Å². The number of carboxylic acids is 1. The molecule has 5 atom stereocenters. The molecule has 0 saturated heterocycles. The standard InChI is InChI=1S/C26H35FO4/c1-26(2)19-15-18(9-12-21(28)17-31-22-13-10-20(27)11-14-22)23(24(26)16-19)7-5-3-4-6-8-25(29)30/h3,5,9-14,18-19,21,23-24,28H,4,6-8,15-17H2,1-2H3,(H,29,30)/b5-3+,12-9+. The van der Waals surface area contributed by atoms with Crippen LogP contribution in [0.25, 0.3) is 0 Å². The molecule has 4 nitrogen and oxygen atoms in total. The molecule has 5 heteroatoms. The Kier molecular flexibility index (Phi) is 7.93. The first-order valence-corrected chi connectivity index (χ1v) is 11.4. The van der Waals surface area contributed by atoms with Crippen LogP contribution in [0.2, 0.25) is 0 Å². The Bertz CT molecular complexity index is 783. The van der Waals surface area contributed by atoms with E-state index in [1.165, 1.54) is 18.6 Å². The van der Waals surface area contributed by atoms with Gasteiger partial charge in [0.25, 0.3) is 0 Å². The average molecular weight is 431 g/mol. The summed E-state index contributed by atoms with van der Waals surface area (Å²) in [4.78, 5) is 10.6. The van der Waals surface area contributed by atoms with Gasteiger partial charge in [0.15, 0.2) is 0 Å². The van der Waals surface area contributed by atoms with Crippen LogP contribution < -0.4 is 4.74 Å². The van der Waals surface area contributed by atoms with Crippen LogP contribution in [0.15, 0.2) is 48.6 Å². The minimum atomic E-state index is -0.741. The molecule has 0 spiro atoms. The molecule has 1 aromatic rings. The maximum absolute atomic E-state index is 13.0. The van der Waals surface area contributed by atoms with E-state index >= 15 is 0 Å². The third-order valence-electron chi connectivity index (χ3n) is 7.32. The topological polar surface area (TPSA) is 66.8 Å². The van der Waals surface area contributed by atoms with Crippen LogP contribution in [0.4, 0.5) is 4.39 Å². The van der Waals surface area contributed by atoms with Gasteiger partial charge in [0.05, 0.1) is 0 Å². The number of aliphatic hydroxyl groups excluding tert-OH is 1. The van der Waals surface area contributed by atoms with Gasteiger partial charge < -0.3 is 14.9 Å². The van der Waals surface area contributed by atoms with Gasteiger partial charge in [0.1, 0.15) is 24.3 Å². The zero-order valence-corrected chi connectivity index (χ0v) is 18.5. The number of benzene rings is 1. The second kappa shape index (κ2) is 10.4. The van der Waals surface area contributed by atoms with Crippen LogP contribution in [0.3, 0.4) is 0 Å². The first kappa shape index (κ1) is 23.5. The number of unbranched alkanes of at least 4 members (excludes halogenated alkanes) is 1. The molecule has 4 rings (SSSR count). The Labute approximate surface area is 184 Å². The number of rotatable bonds is 11. The molecule has 0 radical (unpaired) electrons. The van der Waals surface area contributed by atoms with Gasteiger partial charge in [-0.15, -0.1) is 0 Å². The number of halogens is 1. The number of carbonyl (C=O) groups is 1. The average Bonchev–Trinajstić information content (AvgIpc) is 2.74. The molecule has 3 aliphatic rings. The number of aliphatic hydroxyl groups is 1. The molecule has 2 bridgehead atoms. The van der Waals surface area contributed by atoms with E-state index in [2.05, 4.69) is 32.1 Å². The third-order valence-corrected chi connectivity index (χ3v) is 7.32. The summed E-state index contributed by atoms with van der Waals surface area (Å²) in [5, 5.41) is 19.1. The van der Waals surface area contributed by atoms with Crippen LogP contribution >= 0.6 is 0 Å². The summed E-state index contributed by atoms with van der Waals surface area (Å²) in [6, 6.07) is 5.80. The molecule has 0 aromatic heterocycles. The van der Waals surface area contributed by atoms with E-state index in [1.54, 1.807) is 12.1 Å². The van der Waals surface area contributed by atoms with E-state index in [9.17, 15) is 14.3 Å². The molecule has 3 saturated carbocycles. The van der Waals surface area contributed by atoms with Crippen LogP contribution in [0.1, 0.15) is 52.4 Å². The van der Waals surface area contributed by atoms with E-state index in [0.29, 0.717) is 35.3 Å². The zero-order chi connectivity index (χ0) is 22.4. The fraction of sp³-hybridized carbons (Fsp3) is 0.577. The summed E-state index contributed by atoms with van der Waals surface area (Å²) in [5.74, 6) is 1.87. The number of aliphatic carboxylic acids is 1. The van der Waals surface area contributed by atoms with Crippen molar-refractivity contribution in [2.75, 3.05) is 6.61 Å². The highest BCUT2D eigenvalue weighted by Gasteiger charge is 2.56. The minimum absolute atomic E-state index is 0.140. The molecular formula is C26H35FO4. The van der Waals surface area contributed by atoms with Crippen LogP contribution in [0.5, 0.6) is 5.75 Å². The van der Waals surface area contributed by atoms with Crippen molar-refractivity contribution in [2.24, 2.45) is 29.1 Å². The normalized spacial score (nSPS) is 27.9. The molecule has 0 amide bonds. The number of allylic oxidation sites excluding steroid dienone is 3. The second-order valence-electron chi connectivity index (χ2n) is 9.63. The molecule has 2 N–H and O–H groups in total. The van der Waals surface area contributed by atoms with E-state index in [0.717, 1.165) is 25.2 Å². The summed E-state index contributed by atoms with van der Waals surface area (Å²) in [6.45, 7) is 4.89. The lowest BCUT2D eigenvalue weighted by Gasteiger charge is -2.62. The quantitative estimate of drug-likeness (QED) is 0.353. The molecule has 170 valence electrons. The Hall–Kier alpha value is -2.14. The maximum Gasteiger partial charge on any atom is 0.303 e. The van der Waals surface area contributed by atoms with Crippen molar-refractivity contribution < 1.29 is 24.1 Å². The van der Waals surface area contributed by atoms with Crippen LogP contribution in [-0.4, -0.2) is 28.9 Å². The fourth-order valence-corrected chi connectivity index (χ4v) is 5.33. The van der Waals surface area contributed by atoms with Gasteiger partial charge >= 0.3 is 5.97 Å². The van der Waals surface area contributed by atoms with Crippen molar-refractivity contribution in [1.82, 2.24) is 0 Å². The first-order valence-electron chi connectivity index (χ1n) is 11.4.